The van der Waals surface area contributed by atoms with E-state index in [2.05, 4.69) is 10.3 Å². The van der Waals surface area contributed by atoms with Crippen LogP contribution >= 0.6 is 0 Å². The highest BCUT2D eigenvalue weighted by atomic mass is 19.1. The molecule has 0 radical (unpaired) electrons. The monoisotopic (exact) mass is 234 g/mol. The Kier molecular flexibility index (Phi) is 3.32. The Morgan fingerprint density at radius 1 is 1.18 bits per heavy atom. The zero-order valence-corrected chi connectivity index (χ0v) is 9.37. The van der Waals surface area contributed by atoms with Gasteiger partial charge in [0.2, 0.25) is 5.95 Å². The Labute approximate surface area is 98.3 Å². The summed E-state index contributed by atoms with van der Waals surface area (Å²) in [5.41, 5.74) is 2.15. The molecule has 0 aliphatic heterocycles. The highest BCUT2D eigenvalue weighted by molar-refractivity contribution is 5.41. The summed E-state index contributed by atoms with van der Waals surface area (Å²) in [4.78, 5) is 3.52. The van der Waals surface area contributed by atoms with Crippen molar-refractivity contribution in [3.05, 3.63) is 59.4 Å². The number of anilines is 1. The van der Waals surface area contributed by atoms with Crippen LogP contribution in [-0.4, -0.2) is 4.98 Å². The predicted molar refractivity (Wildman–Crippen MR) is 62.7 cm³/mol. The molecule has 2 rings (SSSR count). The fourth-order valence-electron chi connectivity index (χ4n) is 1.43. The van der Waals surface area contributed by atoms with Gasteiger partial charge in [0, 0.05) is 6.54 Å². The summed E-state index contributed by atoms with van der Waals surface area (Å²) >= 11 is 0. The van der Waals surface area contributed by atoms with Crippen LogP contribution in [0.3, 0.4) is 0 Å². The molecule has 2 nitrogen and oxygen atoms in total. The van der Waals surface area contributed by atoms with E-state index in [1.807, 2.05) is 6.07 Å². The number of aromatic nitrogens is 1. The normalized spacial score (nSPS) is 10.3. The second-order valence-corrected chi connectivity index (χ2v) is 3.81. The molecule has 2 aromatic rings. The van der Waals surface area contributed by atoms with Crippen LogP contribution in [0.15, 0.2) is 36.5 Å². The maximum absolute atomic E-state index is 13.3. The molecule has 0 saturated heterocycles. The van der Waals surface area contributed by atoms with Crippen LogP contribution in [-0.2, 0) is 6.54 Å². The molecule has 0 spiro atoms. The molecule has 4 heteroatoms. The van der Waals surface area contributed by atoms with E-state index in [0.29, 0.717) is 17.8 Å². The van der Waals surface area contributed by atoms with Gasteiger partial charge < -0.3 is 5.32 Å². The van der Waals surface area contributed by atoms with Crippen LogP contribution in [0.25, 0.3) is 0 Å². The first-order chi connectivity index (χ1) is 8.15. The topological polar surface area (TPSA) is 24.9 Å². The quantitative estimate of drug-likeness (QED) is 0.824. The minimum atomic E-state index is -0.517. The van der Waals surface area contributed by atoms with Crippen molar-refractivity contribution >= 4 is 5.69 Å². The number of benzene rings is 1. The van der Waals surface area contributed by atoms with Gasteiger partial charge in [-0.15, -0.1) is 0 Å². The number of pyridine rings is 1. The molecule has 0 fully saturated rings. The maximum atomic E-state index is 13.3. The highest BCUT2D eigenvalue weighted by Gasteiger charge is 2.00. The third-order valence-electron chi connectivity index (χ3n) is 2.46. The molecular formula is C13H12F2N2. The molecule has 0 amide bonds. The lowest BCUT2D eigenvalue weighted by molar-refractivity contribution is 0.584. The van der Waals surface area contributed by atoms with Gasteiger partial charge in [0.1, 0.15) is 5.82 Å². The largest absolute Gasteiger partial charge is 0.380 e. The van der Waals surface area contributed by atoms with Gasteiger partial charge in [0.15, 0.2) is 0 Å². The molecule has 0 aliphatic carbocycles. The highest BCUT2D eigenvalue weighted by Crippen LogP contribution is 2.12. The molecule has 0 bridgehead atoms. The van der Waals surface area contributed by atoms with Crippen LogP contribution in [0.2, 0.25) is 0 Å². The molecule has 17 heavy (non-hydrogen) atoms. The second kappa shape index (κ2) is 4.91. The molecule has 0 aliphatic rings. The number of nitrogens with zero attached hydrogens (tertiary/aromatic N) is 1. The van der Waals surface area contributed by atoms with E-state index in [0.717, 1.165) is 5.56 Å². The zero-order valence-electron chi connectivity index (χ0n) is 9.37. The Balaban J connectivity index is 2.02. The van der Waals surface area contributed by atoms with Gasteiger partial charge in [-0.25, -0.2) is 9.37 Å². The summed E-state index contributed by atoms with van der Waals surface area (Å²) in [6.45, 7) is 2.20. The third kappa shape index (κ3) is 3.00. The van der Waals surface area contributed by atoms with E-state index in [9.17, 15) is 8.78 Å². The molecule has 1 aromatic carbocycles. The van der Waals surface area contributed by atoms with Crippen molar-refractivity contribution in [2.45, 2.75) is 13.5 Å². The summed E-state index contributed by atoms with van der Waals surface area (Å²) in [6.07, 6.45) is 1.40. The van der Waals surface area contributed by atoms with E-state index < -0.39 is 5.95 Å². The van der Waals surface area contributed by atoms with Gasteiger partial charge in [0.25, 0.3) is 0 Å². The smallest absolute Gasteiger partial charge is 0.212 e. The van der Waals surface area contributed by atoms with Crippen LogP contribution in [0, 0.1) is 18.7 Å². The van der Waals surface area contributed by atoms with E-state index in [4.69, 9.17) is 0 Å². The average molecular weight is 234 g/mol. The van der Waals surface area contributed by atoms with Gasteiger partial charge in [-0.3, -0.25) is 0 Å². The summed E-state index contributed by atoms with van der Waals surface area (Å²) in [5, 5.41) is 3.04. The van der Waals surface area contributed by atoms with E-state index in [1.165, 1.54) is 18.3 Å². The first-order valence-corrected chi connectivity index (χ1v) is 5.25. The van der Waals surface area contributed by atoms with Crippen molar-refractivity contribution in [2.75, 3.05) is 5.32 Å². The minimum absolute atomic E-state index is 0.221. The fraction of sp³-hybridized carbons (Fsp3) is 0.154. The number of hydrogen-bond donors (Lipinski definition) is 1. The average Bonchev–Trinajstić information content (AvgIpc) is 2.33. The van der Waals surface area contributed by atoms with Gasteiger partial charge in [-0.1, -0.05) is 12.1 Å². The maximum Gasteiger partial charge on any atom is 0.212 e. The Morgan fingerprint density at radius 2 is 2.00 bits per heavy atom. The van der Waals surface area contributed by atoms with Crippen LogP contribution in [0.4, 0.5) is 14.5 Å². The van der Waals surface area contributed by atoms with Crippen LogP contribution < -0.4 is 5.32 Å². The zero-order chi connectivity index (χ0) is 12.3. The standard InChI is InChI=1S/C13H12F2N2/c1-9-2-3-10(6-12(9)14)7-16-11-4-5-13(15)17-8-11/h2-6,8,16H,7H2,1H3. The Bertz CT molecular complexity index is 509. The Morgan fingerprint density at radius 3 is 2.65 bits per heavy atom. The van der Waals surface area contributed by atoms with Crippen LogP contribution in [0.1, 0.15) is 11.1 Å². The fourth-order valence-corrected chi connectivity index (χ4v) is 1.43. The molecule has 0 atom stereocenters. The van der Waals surface area contributed by atoms with Crippen molar-refractivity contribution in [3.63, 3.8) is 0 Å². The number of nitrogens with one attached hydrogen (secondary N) is 1. The number of halogens is 2. The van der Waals surface area contributed by atoms with Crippen molar-refractivity contribution in [1.82, 2.24) is 4.98 Å². The molecule has 1 heterocycles. The third-order valence-corrected chi connectivity index (χ3v) is 2.46. The van der Waals surface area contributed by atoms with Gasteiger partial charge in [0.05, 0.1) is 11.9 Å². The van der Waals surface area contributed by atoms with Gasteiger partial charge in [-0.2, -0.15) is 4.39 Å². The molecule has 0 unspecified atom stereocenters. The van der Waals surface area contributed by atoms with Gasteiger partial charge >= 0.3 is 0 Å². The van der Waals surface area contributed by atoms with Gasteiger partial charge in [-0.05, 0) is 36.2 Å². The summed E-state index contributed by atoms with van der Waals surface area (Å²) in [5.74, 6) is -0.738. The molecular weight excluding hydrogens is 222 g/mol. The van der Waals surface area contributed by atoms with Crippen molar-refractivity contribution in [2.24, 2.45) is 0 Å². The minimum Gasteiger partial charge on any atom is -0.380 e. The SMILES string of the molecule is Cc1ccc(CNc2ccc(F)nc2)cc1F. The van der Waals surface area contributed by atoms with Crippen molar-refractivity contribution < 1.29 is 8.78 Å². The lowest BCUT2D eigenvalue weighted by atomic mass is 10.1. The summed E-state index contributed by atoms with van der Waals surface area (Å²) < 4.78 is 25.8. The van der Waals surface area contributed by atoms with Crippen molar-refractivity contribution in [3.8, 4) is 0 Å². The lowest BCUT2D eigenvalue weighted by Crippen LogP contribution is -2.00. The van der Waals surface area contributed by atoms with E-state index in [1.54, 1.807) is 19.1 Å². The van der Waals surface area contributed by atoms with Crippen molar-refractivity contribution in [1.29, 1.82) is 0 Å². The predicted octanol–water partition coefficient (Wildman–Crippen LogP) is 3.28. The number of aryl methyl sites for hydroxylation is 1. The molecule has 0 saturated carbocycles. The second-order valence-electron chi connectivity index (χ2n) is 3.81. The molecule has 1 N–H and O–H groups in total. The lowest BCUT2D eigenvalue weighted by Gasteiger charge is -2.06. The summed E-state index contributed by atoms with van der Waals surface area (Å²) in [7, 11) is 0. The summed E-state index contributed by atoms with van der Waals surface area (Å²) in [6, 6.07) is 7.93. The molecule has 1 aromatic heterocycles. The number of hydrogen-bond acceptors (Lipinski definition) is 2. The van der Waals surface area contributed by atoms with Crippen LogP contribution in [0.5, 0.6) is 0 Å². The van der Waals surface area contributed by atoms with E-state index >= 15 is 0 Å². The number of rotatable bonds is 3. The first kappa shape index (κ1) is 11.5. The first-order valence-electron chi connectivity index (χ1n) is 5.25. The molecule has 88 valence electrons. The van der Waals surface area contributed by atoms with E-state index in [-0.39, 0.29) is 5.82 Å². The Hall–Kier alpha value is -1.97.